The van der Waals surface area contributed by atoms with Crippen molar-refractivity contribution < 1.29 is 66.1 Å². The second-order valence-electron chi connectivity index (χ2n) is 27.6. The molecule has 6 bridgehead atoms. The molecule has 0 spiro atoms. The summed E-state index contributed by atoms with van der Waals surface area (Å²) < 4.78 is 0. The Morgan fingerprint density at radius 3 is 1.33 bits per heavy atom. The summed E-state index contributed by atoms with van der Waals surface area (Å²) in [7, 11) is 1.00. The van der Waals surface area contributed by atoms with Crippen molar-refractivity contribution in [3.8, 4) is 0 Å². The number of carbonyl (C=O) groups is 2. The number of alkyl halides is 1. The van der Waals surface area contributed by atoms with Gasteiger partial charge < -0.3 is 27.0 Å². The molecule has 13 heteroatoms. The van der Waals surface area contributed by atoms with E-state index >= 15 is 0 Å². The van der Waals surface area contributed by atoms with Crippen LogP contribution in [0.1, 0.15) is 183 Å². The van der Waals surface area contributed by atoms with Crippen LogP contribution in [-0.2, 0) is 45.1 Å². The van der Waals surface area contributed by atoms with Gasteiger partial charge in [-0.15, -0.1) is 0 Å². The standard InChI is InChI=1S/C22H31NO2.C22H29NO2.C21H27NO2.CH3I.CH4O.2CH4.B.Na.H/c2*1-14-3-6-17-10-20-22(25)11-15(2)19(24)12-21(22,18(17)9-14)7-8-23(20)13-16-4-5-16;1-14-2-5-16-11-19-21(24)7-6-17(23)12-20(21,18(16)10-14)8-9-22(19)13-15-3-4-15;2*1-2;;;;;/h3,6,9,15-16,19-20,24-25H,4-5,7-8,10-13H2,1-2H3;3,6,9,15-16,20,25H,4-5,7-8,10-13H2,1-2H3;2,5,10,15,19,24H,3-4,6-9,11-13H2,1H3;1H3;2H,1H3;2*1H4;;;/q;;;;;;;;+1;-1/t15-,19+,20+,21+,22+;15-,20+,21+,22+;19-,20-,21-;;;;;;;/m001......./s1. The first kappa shape index (κ1) is 68.0. The molecule has 3 heterocycles. The molecule has 15 rings (SSSR count). The van der Waals surface area contributed by atoms with Crippen LogP contribution in [0.15, 0.2) is 54.6 Å². The minimum Gasteiger partial charge on any atom is -1.00 e. The van der Waals surface area contributed by atoms with Crippen LogP contribution in [0.5, 0.6) is 0 Å². The van der Waals surface area contributed by atoms with Crippen LogP contribution in [0.25, 0.3) is 0 Å². The molecule has 3 aromatic rings. The number of likely N-dealkylation sites (tertiary alicyclic amines) is 3. The van der Waals surface area contributed by atoms with Gasteiger partial charge in [-0.25, -0.2) is 0 Å². The summed E-state index contributed by atoms with van der Waals surface area (Å²) in [5.41, 5.74) is 8.63. The van der Waals surface area contributed by atoms with Crippen LogP contribution >= 0.6 is 22.6 Å². The van der Waals surface area contributed by atoms with E-state index in [4.69, 9.17) is 5.11 Å². The van der Waals surface area contributed by atoms with Gasteiger partial charge in [-0.3, -0.25) is 24.3 Å². The van der Waals surface area contributed by atoms with Gasteiger partial charge >= 0.3 is 29.6 Å². The number of aryl methyl sites for hydroxylation is 3. The molecule has 9 aliphatic carbocycles. The number of piperidine rings is 3. The molecular formula is C69H103BIN3NaO7. The summed E-state index contributed by atoms with van der Waals surface area (Å²) in [4.78, 5) is 34.8. The average Bonchev–Trinajstić information content (AvgIpc) is 2.12. The molecule has 3 aromatic carbocycles. The van der Waals surface area contributed by atoms with Crippen molar-refractivity contribution in [1.29, 1.82) is 0 Å². The third kappa shape index (κ3) is 11.5. The quantitative estimate of drug-likeness (QED) is 0.0976. The fourth-order valence-electron chi connectivity index (χ4n) is 18.2. The van der Waals surface area contributed by atoms with Gasteiger partial charge in [0.15, 0.2) is 0 Å². The molecule has 0 amide bonds. The number of hydrogen-bond donors (Lipinski definition) is 5. The number of aliphatic hydroxyl groups is 5. The molecule has 0 aromatic heterocycles. The maximum absolute atomic E-state index is 12.7. The van der Waals surface area contributed by atoms with Crippen molar-refractivity contribution in [1.82, 2.24) is 14.7 Å². The molecule has 447 valence electrons. The number of rotatable bonds is 6. The van der Waals surface area contributed by atoms with Gasteiger partial charge in [-0.1, -0.05) is 123 Å². The van der Waals surface area contributed by atoms with Gasteiger partial charge in [0.2, 0.25) is 0 Å². The minimum absolute atomic E-state index is 0. The third-order valence-corrected chi connectivity index (χ3v) is 22.9. The summed E-state index contributed by atoms with van der Waals surface area (Å²) in [5.74, 6) is 3.35. The molecule has 3 aliphatic heterocycles. The zero-order valence-corrected chi connectivity index (χ0v) is 54.1. The van der Waals surface area contributed by atoms with E-state index in [-0.39, 0.29) is 107 Å². The number of benzene rings is 3. The van der Waals surface area contributed by atoms with Gasteiger partial charge in [-0.05, 0) is 205 Å². The molecule has 12 atom stereocenters. The van der Waals surface area contributed by atoms with E-state index in [0.29, 0.717) is 43.7 Å². The summed E-state index contributed by atoms with van der Waals surface area (Å²) in [5, 5.41) is 53.9. The van der Waals surface area contributed by atoms with Crippen molar-refractivity contribution in [2.45, 2.75) is 229 Å². The molecule has 6 saturated carbocycles. The summed E-state index contributed by atoms with van der Waals surface area (Å²) in [6.45, 7) is 17.1. The number of fused-ring (bicyclic) bond motifs is 3. The van der Waals surface area contributed by atoms with Crippen molar-refractivity contribution >= 4 is 42.6 Å². The zero-order valence-electron chi connectivity index (χ0n) is 50.9. The Kier molecular flexibility index (Phi) is 21.5. The fraction of sp³-hybridized carbons (Fsp3) is 0.710. The Labute approximate surface area is 533 Å². The number of Topliss-reactive ketones (excluding diaryl/α,β-unsaturated/α-hetero) is 2. The van der Waals surface area contributed by atoms with Crippen LogP contribution in [0.3, 0.4) is 0 Å². The molecule has 10 nitrogen and oxygen atoms in total. The molecule has 82 heavy (non-hydrogen) atoms. The molecule has 3 saturated heterocycles. The number of halogens is 1. The first-order valence-corrected chi connectivity index (χ1v) is 32.8. The van der Waals surface area contributed by atoms with Gasteiger partial charge in [0, 0.05) is 94.7 Å². The first-order valence-electron chi connectivity index (χ1n) is 30.6. The summed E-state index contributed by atoms with van der Waals surface area (Å²) in [6, 6.07) is 20.8. The normalized spacial score (nSPS) is 37.0. The van der Waals surface area contributed by atoms with E-state index in [1.54, 1.807) is 0 Å². The number of nitrogens with zero attached hydrogens (tertiary/aromatic N) is 3. The Hall–Kier alpha value is -1.53. The van der Waals surface area contributed by atoms with E-state index in [9.17, 15) is 30.0 Å². The predicted octanol–water partition coefficient (Wildman–Crippen LogP) is 7.22. The van der Waals surface area contributed by atoms with Crippen LogP contribution in [-0.4, -0.2) is 153 Å². The molecular weight excluding hydrogens is 1140 g/mol. The topological polar surface area (TPSA) is 145 Å². The second kappa shape index (κ2) is 25.9. The van der Waals surface area contributed by atoms with E-state index in [1.165, 1.54) is 88.6 Å². The summed E-state index contributed by atoms with van der Waals surface area (Å²) in [6.07, 6.45) is 17.8. The maximum atomic E-state index is 12.7. The SMILES string of the molecule is C.C.CI.CO.Cc1ccc2c(c1)[C@]13CCN(CC4CC4)[C@H](C2)[C@]1(O)CCC(=O)C3.Cc1ccc2c(c1)[C@]13CCN(CC4CC4)[C@H](C2)[C@]1(O)C[C@H](C)C(=O)C3.Cc1ccc2c(c1)[C@]13CCN(CC4CC4)[C@H](C2)[C@]1(O)C[C@H](C)[C@H](O)C3.[B].[H-].[Na+]. The van der Waals surface area contributed by atoms with Gasteiger partial charge in [-0.2, -0.15) is 0 Å². The average molecular weight is 1250 g/mol. The van der Waals surface area contributed by atoms with Crippen LogP contribution in [0.2, 0.25) is 0 Å². The van der Waals surface area contributed by atoms with Crippen molar-refractivity contribution in [2.75, 3.05) is 51.3 Å². The van der Waals surface area contributed by atoms with Gasteiger partial charge in [0.25, 0.3) is 0 Å². The van der Waals surface area contributed by atoms with Crippen LogP contribution in [0, 0.1) is 50.4 Å². The van der Waals surface area contributed by atoms with Crippen molar-refractivity contribution in [2.24, 2.45) is 29.6 Å². The monoisotopic (exact) mass is 1250 g/mol. The van der Waals surface area contributed by atoms with Crippen LogP contribution in [0.4, 0.5) is 0 Å². The first-order chi connectivity index (χ1) is 37.4. The number of ketones is 2. The Bertz CT molecular complexity index is 2760. The fourth-order valence-corrected chi connectivity index (χ4v) is 18.2. The van der Waals surface area contributed by atoms with E-state index in [0.717, 1.165) is 115 Å². The second-order valence-corrected chi connectivity index (χ2v) is 27.6. The minimum atomic E-state index is -0.756. The van der Waals surface area contributed by atoms with Gasteiger partial charge in [0.05, 0.1) is 22.9 Å². The zero-order chi connectivity index (χ0) is 55.3. The molecule has 5 N–H and O–H groups in total. The van der Waals surface area contributed by atoms with Crippen LogP contribution < -0.4 is 29.6 Å². The van der Waals surface area contributed by atoms with E-state index in [2.05, 4.69) is 120 Å². The Morgan fingerprint density at radius 1 is 0.549 bits per heavy atom. The largest absolute Gasteiger partial charge is 1.00 e. The molecule has 12 aliphatic rings. The van der Waals surface area contributed by atoms with E-state index in [1.807, 2.05) is 11.9 Å². The number of carbonyl (C=O) groups excluding carboxylic acids is 2. The Balaban J connectivity index is 0.000000188. The van der Waals surface area contributed by atoms with E-state index < -0.39 is 16.8 Å². The molecule has 3 radical (unpaired) electrons. The smallest absolute Gasteiger partial charge is 1.00 e. The van der Waals surface area contributed by atoms with Crippen molar-refractivity contribution in [3.05, 3.63) is 105 Å². The molecule has 9 fully saturated rings. The predicted molar refractivity (Wildman–Crippen MR) is 338 cm³/mol. The van der Waals surface area contributed by atoms with Crippen molar-refractivity contribution in [3.63, 3.8) is 0 Å². The third-order valence-electron chi connectivity index (χ3n) is 22.9. The number of aliphatic hydroxyl groups excluding tert-OH is 2. The summed E-state index contributed by atoms with van der Waals surface area (Å²) >= 11 is 2.15. The number of hydrogen-bond acceptors (Lipinski definition) is 10. The Morgan fingerprint density at radius 2 is 0.915 bits per heavy atom. The molecule has 0 unspecified atom stereocenters. The van der Waals surface area contributed by atoms with Gasteiger partial charge in [0.1, 0.15) is 11.6 Å². The maximum Gasteiger partial charge on any atom is 1.00 e.